The summed E-state index contributed by atoms with van der Waals surface area (Å²) in [6.07, 6.45) is 0. The van der Waals surface area contributed by atoms with Gasteiger partial charge >= 0.3 is 11.9 Å². The molecule has 2 aromatic heterocycles. The molecule has 0 fully saturated rings. The van der Waals surface area contributed by atoms with Crippen LogP contribution in [0.2, 0.25) is 0 Å². The number of nitrogens with zero attached hydrogens (tertiary/aromatic N) is 2. The summed E-state index contributed by atoms with van der Waals surface area (Å²) in [5.41, 5.74) is -0.297. The van der Waals surface area contributed by atoms with Gasteiger partial charge in [0.15, 0.2) is 11.5 Å². The average Bonchev–Trinajstić information content (AvgIpc) is 2.86. The van der Waals surface area contributed by atoms with Crippen molar-refractivity contribution in [2.24, 2.45) is 0 Å². The van der Waals surface area contributed by atoms with Crippen molar-refractivity contribution >= 4 is 11.9 Å². The van der Waals surface area contributed by atoms with E-state index in [0.29, 0.717) is 0 Å². The standard InChI is InChI=1S/C8H4N2O6/c11-8(12)4-3-6(16-9-4)5-1-2-7(15-5)10(13)14/h1-3H,(H,11,12). The van der Waals surface area contributed by atoms with Crippen molar-refractivity contribution in [3.63, 3.8) is 0 Å². The fraction of sp³-hybridized carbons (Fsp3) is 0. The summed E-state index contributed by atoms with van der Waals surface area (Å²) < 4.78 is 9.46. The monoisotopic (exact) mass is 224 g/mol. The number of hydrogen-bond donors (Lipinski definition) is 1. The van der Waals surface area contributed by atoms with Crippen LogP contribution >= 0.6 is 0 Å². The number of furan rings is 1. The Labute approximate surface area is 87.2 Å². The van der Waals surface area contributed by atoms with Crippen LogP contribution in [0.3, 0.4) is 0 Å². The molecule has 0 unspecified atom stereocenters. The highest BCUT2D eigenvalue weighted by Crippen LogP contribution is 2.26. The molecule has 2 rings (SSSR count). The van der Waals surface area contributed by atoms with Crippen LogP contribution in [0, 0.1) is 10.1 Å². The largest absolute Gasteiger partial charge is 0.476 e. The lowest BCUT2D eigenvalue weighted by Gasteiger charge is -1.84. The SMILES string of the molecule is O=C(O)c1cc(-c2ccc([N+](=O)[O-])o2)on1. The smallest absolute Gasteiger partial charge is 0.433 e. The molecule has 2 aromatic rings. The summed E-state index contributed by atoms with van der Waals surface area (Å²) in [7, 11) is 0. The van der Waals surface area contributed by atoms with Crippen LogP contribution in [-0.4, -0.2) is 21.2 Å². The van der Waals surface area contributed by atoms with Crippen molar-refractivity contribution < 1.29 is 23.8 Å². The lowest BCUT2D eigenvalue weighted by atomic mass is 10.3. The maximum atomic E-state index is 10.5. The fourth-order valence-electron chi connectivity index (χ4n) is 1.05. The van der Waals surface area contributed by atoms with Gasteiger partial charge in [-0.2, -0.15) is 0 Å². The topological polar surface area (TPSA) is 120 Å². The third-order valence-corrected chi connectivity index (χ3v) is 1.74. The molecule has 0 aliphatic heterocycles. The molecule has 82 valence electrons. The number of carboxylic acid groups (broad SMARTS) is 1. The van der Waals surface area contributed by atoms with E-state index in [2.05, 4.69) is 9.68 Å². The van der Waals surface area contributed by atoms with Crippen LogP contribution < -0.4 is 0 Å². The van der Waals surface area contributed by atoms with Crippen molar-refractivity contribution in [2.75, 3.05) is 0 Å². The van der Waals surface area contributed by atoms with Gasteiger partial charge in [0, 0.05) is 6.07 Å². The molecule has 0 saturated carbocycles. The number of hydrogen-bond acceptors (Lipinski definition) is 6. The first-order chi connectivity index (χ1) is 7.58. The molecule has 0 aromatic carbocycles. The van der Waals surface area contributed by atoms with Crippen LogP contribution in [0.1, 0.15) is 10.5 Å². The van der Waals surface area contributed by atoms with Gasteiger partial charge in [-0.15, -0.1) is 0 Å². The third-order valence-electron chi connectivity index (χ3n) is 1.74. The number of nitro groups is 1. The third kappa shape index (κ3) is 1.63. The molecule has 8 heteroatoms. The highest BCUT2D eigenvalue weighted by atomic mass is 16.6. The van der Waals surface area contributed by atoms with Gasteiger partial charge in [0.2, 0.25) is 5.76 Å². The highest BCUT2D eigenvalue weighted by Gasteiger charge is 2.18. The van der Waals surface area contributed by atoms with E-state index in [1.165, 1.54) is 6.07 Å². The highest BCUT2D eigenvalue weighted by molar-refractivity contribution is 5.86. The van der Waals surface area contributed by atoms with Crippen molar-refractivity contribution in [1.82, 2.24) is 5.16 Å². The molecule has 1 N–H and O–H groups in total. The molecule has 0 saturated heterocycles. The number of aromatic nitrogens is 1. The molecule has 16 heavy (non-hydrogen) atoms. The molecule has 0 bridgehead atoms. The first-order valence-corrected chi connectivity index (χ1v) is 4.02. The lowest BCUT2D eigenvalue weighted by Crippen LogP contribution is -1.94. The first-order valence-electron chi connectivity index (χ1n) is 4.02. The second-order valence-corrected chi connectivity index (χ2v) is 2.78. The van der Waals surface area contributed by atoms with E-state index in [9.17, 15) is 14.9 Å². The first kappa shape index (κ1) is 9.90. The molecule has 8 nitrogen and oxygen atoms in total. The van der Waals surface area contributed by atoms with E-state index in [0.717, 1.165) is 12.1 Å². The molecular weight excluding hydrogens is 220 g/mol. The van der Waals surface area contributed by atoms with E-state index < -0.39 is 16.8 Å². The summed E-state index contributed by atoms with van der Waals surface area (Å²) in [4.78, 5) is 20.1. The number of carboxylic acids is 1. The molecule has 0 aliphatic rings. The Bertz CT molecular complexity index is 504. The van der Waals surface area contributed by atoms with E-state index in [1.54, 1.807) is 0 Å². The summed E-state index contributed by atoms with van der Waals surface area (Å²) in [5.74, 6) is -1.64. The normalized spacial score (nSPS) is 10.2. The van der Waals surface area contributed by atoms with Gasteiger partial charge in [-0.25, -0.2) is 4.79 Å². The lowest BCUT2D eigenvalue weighted by molar-refractivity contribution is -0.401. The van der Waals surface area contributed by atoms with Gasteiger partial charge in [-0.05, 0) is 6.07 Å². The van der Waals surface area contributed by atoms with Crippen LogP contribution in [0.25, 0.3) is 11.5 Å². The van der Waals surface area contributed by atoms with Gasteiger partial charge in [-0.3, -0.25) is 10.1 Å². The molecule has 2 heterocycles. The minimum absolute atomic E-state index is 0.0190. The molecule has 0 spiro atoms. The van der Waals surface area contributed by atoms with Gasteiger partial charge < -0.3 is 14.0 Å². The van der Waals surface area contributed by atoms with Gasteiger partial charge in [0.25, 0.3) is 0 Å². The number of carbonyl (C=O) groups is 1. The summed E-state index contributed by atoms with van der Waals surface area (Å²) >= 11 is 0. The number of rotatable bonds is 3. The number of aromatic carboxylic acids is 1. The fourth-order valence-corrected chi connectivity index (χ4v) is 1.05. The maximum Gasteiger partial charge on any atom is 0.433 e. The average molecular weight is 224 g/mol. The van der Waals surface area contributed by atoms with Crippen LogP contribution in [-0.2, 0) is 0 Å². The molecule has 0 atom stereocenters. The second-order valence-electron chi connectivity index (χ2n) is 2.78. The zero-order valence-electron chi connectivity index (χ0n) is 7.61. The second kappa shape index (κ2) is 3.50. The Morgan fingerprint density at radius 3 is 2.69 bits per heavy atom. The molecule has 0 amide bonds. The summed E-state index contributed by atoms with van der Waals surface area (Å²) in [6.45, 7) is 0. The predicted octanol–water partition coefficient (Wildman–Crippen LogP) is 1.54. The van der Waals surface area contributed by atoms with Gasteiger partial charge in [0.05, 0.1) is 6.07 Å². The van der Waals surface area contributed by atoms with Crippen molar-refractivity contribution in [3.8, 4) is 11.5 Å². The Morgan fingerprint density at radius 2 is 2.19 bits per heavy atom. The van der Waals surface area contributed by atoms with Crippen molar-refractivity contribution in [2.45, 2.75) is 0 Å². The van der Waals surface area contributed by atoms with E-state index in [1.807, 2.05) is 0 Å². The quantitative estimate of drug-likeness (QED) is 0.619. The Balaban J connectivity index is 2.35. The predicted molar refractivity (Wildman–Crippen MR) is 47.8 cm³/mol. The maximum absolute atomic E-state index is 10.5. The Morgan fingerprint density at radius 1 is 1.44 bits per heavy atom. The van der Waals surface area contributed by atoms with Gasteiger partial charge in [-0.1, -0.05) is 5.16 Å². The molecule has 0 aliphatic carbocycles. The summed E-state index contributed by atoms with van der Waals surface area (Å²) in [5, 5.41) is 22.1. The van der Waals surface area contributed by atoms with Crippen LogP contribution in [0.4, 0.5) is 5.88 Å². The van der Waals surface area contributed by atoms with Crippen molar-refractivity contribution in [3.05, 3.63) is 34.0 Å². The molecule has 0 radical (unpaired) electrons. The minimum Gasteiger partial charge on any atom is -0.476 e. The van der Waals surface area contributed by atoms with E-state index in [-0.39, 0.29) is 17.2 Å². The Hall–Kier alpha value is -2.64. The van der Waals surface area contributed by atoms with Gasteiger partial charge in [0.1, 0.15) is 4.92 Å². The van der Waals surface area contributed by atoms with Crippen LogP contribution in [0.5, 0.6) is 0 Å². The van der Waals surface area contributed by atoms with E-state index >= 15 is 0 Å². The Kier molecular flexibility index (Phi) is 2.16. The molecular formula is C8H4N2O6. The van der Waals surface area contributed by atoms with Crippen molar-refractivity contribution in [1.29, 1.82) is 0 Å². The van der Waals surface area contributed by atoms with E-state index in [4.69, 9.17) is 9.52 Å². The van der Waals surface area contributed by atoms with Crippen LogP contribution in [0.15, 0.2) is 27.1 Å². The zero-order valence-corrected chi connectivity index (χ0v) is 7.61. The zero-order chi connectivity index (χ0) is 11.7. The minimum atomic E-state index is -1.25. The summed E-state index contributed by atoms with van der Waals surface area (Å²) in [6, 6.07) is 3.55.